The molecule has 0 N–H and O–H groups in total. The van der Waals surface area contributed by atoms with E-state index in [1.165, 1.54) is 34.9 Å². The van der Waals surface area contributed by atoms with Crippen LogP contribution < -0.4 is 19.0 Å². The van der Waals surface area contributed by atoms with E-state index in [-0.39, 0.29) is 18.2 Å². The van der Waals surface area contributed by atoms with Crippen LogP contribution in [0, 0.1) is 0 Å². The number of carbonyl (C=O) groups is 1. The predicted octanol–water partition coefficient (Wildman–Crippen LogP) is 2.91. The zero-order valence-corrected chi connectivity index (χ0v) is 20.1. The number of carbonyl (C=O) groups excluding carboxylic acids is 1. The monoisotopic (exact) mass is 501 g/mol. The van der Waals surface area contributed by atoms with E-state index in [1.807, 2.05) is 16.7 Å². The molecule has 3 aromatic rings. The highest BCUT2D eigenvalue weighted by molar-refractivity contribution is 7.89. The van der Waals surface area contributed by atoms with Crippen LogP contribution in [0.4, 0.5) is 0 Å². The number of sulfonamides is 1. The van der Waals surface area contributed by atoms with E-state index >= 15 is 0 Å². The number of hydrogen-bond donors (Lipinski definition) is 0. The number of nitrogens with zero attached hydrogens (tertiary/aromatic N) is 3. The molecule has 0 radical (unpaired) electrons. The molecule has 2 aliphatic rings. The Balaban J connectivity index is 1.51. The molecule has 1 unspecified atom stereocenters. The van der Waals surface area contributed by atoms with Gasteiger partial charge in [0.1, 0.15) is 11.8 Å². The molecule has 34 heavy (non-hydrogen) atoms. The van der Waals surface area contributed by atoms with Gasteiger partial charge in [-0.05, 0) is 37.1 Å². The van der Waals surface area contributed by atoms with Gasteiger partial charge < -0.3 is 18.8 Å². The van der Waals surface area contributed by atoms with E-state index in [1.54, 1.807) is 18.2 Å². The second-order valence-electron chi connectivity index (χ2n) is 7.86. The maximum atomic E-state index is 13.3. The molecule has 1 atom stereocenters. The molecule has 2 aliphatic heterocycles. The average molecular weight is 502 g/mol. The van der Waals surface area contributed by atoms with Crippen molar-refractivity contribution in [3.8, 4) is 17.2 Å². The molecule has 0 spiro atoms. The molecule has 1 amide bonds. The first-order chi connectivity index (χ1) is 16.4. The smallest absolute Gasteiger partial charge is 0.266 e. The van der Waals surface area contributed by atoms with Gasteiger partial charge in [-0.25, -0.2) is 8.42 Å². The number of hydrogen-bond acceptors (Lipinski definition) is 7. The molecular weight excluding hydrogens is 478 g/mol. The number of fused-ring (bicyclic) bond motifs is 2. The summed E-state index contributed by atoms with van der Waals surface area (Å²) in [5, 5.41) is 0. The molecule has 1 fully saturated rings. The maximum Gasteiger partial charge on any atom is 0.266 e. The van der Waals surface area contributed by atoms with E-state index < -0.39 is 22.0 Å². The van der Waals surface area contributed by atoms with Crippen LogP contribution in [0.15, 0.2) is 58.9 Å². The summed E-state index contributed by atoms with van der Waals surface area (Å²) in [6.07, 6.45) is 2.72. The van der Waals surface area contributed by atoms with Crippen LogP contribution in [0.1, 0.15) is 12.8 Å². The Morgan fingerprint density at radius 3 is 2.71 bits per heavy atom. The quantitative estimate of drug-likeness (QED) is 0.482. The fraction of sp³-hybridized carbons (Fsp3) is 0.304. The zero-order chi connectivity index (χ0) is 23.9. The minimum atomic E-state index is -3.86. The molecule has 9 nitrogen and oxygen atoms in total. The van der Waals surface area contributed by atoms with Crippen LogP contribution in [0.25, 0.3) is 10.2 Å². The van der Waals surface area contributed by atoms with Crippen molar-refractivity contribution in [3.63, 3.8) is 0 Å². The molecule has 0 bridgehead atoms. The van der Waals surface area contributed by atoms with Gasteiger partial charge in [-0.1, -0.05) is 17.4 Å². The van der Waals surface area contributed by atoms with E-state index in [4.69, 9.17) is 14.2 Å². The number of benzene rings is 2. The van der Waals surface area contributed by atoms with E-state index in [0.29, 0.717) is 41.4 Å². The molecule has 11 heteroatoms. The summed E-state index contributed by atoms with van der Waals surface area (Å²) in [7, 11) is -2.34. The van der Waals surface area contributed by atoms with E-state index in [2.05, 4.69) is 11.6 Å². The molecule has 3 heterocycles. The van der Waals surface area contributed by atoms with Crippen molar-refractivity contribution >= 4 is 37.5 Å². The predicted molar refractivity (Wildman–Crippen MR) is 127 cm³/mol. The maximum absolute atomic E-state index is 13.3. The first-order valence-electron chi connectivity index (χ1n) is 10.7. The minimum Gasteiger partial charge on any atom is -0.497 e. The SMILES string of the molecule is C=CCn1c(=NC(=O)C2CCCN2S(=O)(=O)c2ccc(OC)cc2)sc2cc3c(cc21)OCO3. The van der Waals surface area contributed by atoms with Crippen molar-refractivity contribution in [2.75, 3.05) is 20.4 Å². The molecule has 178 valence electrons. The highest BCUT2D eigenvalue weighted by Crippen LogP contribution is 2.37. The summed E-state index contributed by atoms with van der Waals surface area (Å²) in [5.74, 6) is 1.35. The minimum absolute atomic E-state index is 0.117. The first-order valence-corrected chi connectivity index (χ1v) is 13.0. The van der Waals surface area contributed by atoms with Crippen molar-refractivity contribution in [1.29, 1.82) is 0 Å². The second-order valence-corrected chi connectivity index (χ2v) is 10.8. The Bertz CT molecular complexity index is 1440. The summed E-state index contributed by atoms with van der Waals surface area (Å²) < 4.78 is 46.6. The van der Waals surface area contributed by atoms with Crippen molar-refractivity contribution in [2.45, 2.75) is 30.3 Å². The van der Waals surface area contributed by atoms with Crippen LogP contribution in [-0.4, -0.2) is 49.7 Å². The third-order valence-electron chi connectivity index (χ3n) is 5.85. The van der Waals surface area contributed by atoms with Crippen LogP contribution in [0.3, 0.4) is 0 Å². The number of thiazole rings is 1. The Kier molecular flexibility index (Phi) is 5.92. The molecule has 0 saturated carbocycles. The van der Waals surface area contributed by atoms with Gasteiger partial charge in [0.2, 0.25) is 16.8 Å². The van der Waals surface area contributed by atoms with Crippen molar-refractivity contribution in [3.05, 3.63) is 53.9 Å². The fourth-order valence-electron chi connectivity index (χ4n) is 4.18. The number of amides is 1. The largest absolute Gasteiger partial charge is 0.497 e. The van der Waals surface area contributed by atoms with Crippen molar-refractivity contribution < 1.29 is 27.4 Å². The van der Waals surface area contributed by atoms with Crippen LogP contribution in [0.2, 0.25) is 0 Å². The van der Waals surface area contributed by atoms with Gasteiger partial charge in [-0.2, -0.15) is 9.30 Å². The summed E-state index contributed by atoms with van der Waals surface area (Å²) in [4.78, 5) is 18.2. The summed E-state index contributed by atoms with van der Waals surface area (Å²) in [6.45, 7) is 4.68. The van der Waals surface area contributed by atoms with Gasteiger partial charge in [0.15, 0.2) is 16.3 Å². The van der Waals surface area contributed by atoms with E-state index in [0.717, 1.165) is 10.2 Å². The summed E-state index contributed by atoms with van der Waals surface area (Å²) >= 11 is 1.34. The Labute approximate surface area is 200 Å². The molecule has 1 saturated heterocycles. The fourth-order valence-corrected chi connectivity index (χ4v) is 6.88. The molecule has 0 aliphatic carbocycles. The average Bonchev–Trinajstić information content (AvgIpc) is 3.57. The lowest BCUT2D eigenvalue weighted by atomic mass is 10.2. The van der Waals surface area contributed by atoms with Gasteiger partial charge in [-0.15, -0.1) is 6.58 Å². The van der Waals surface area contributed by atoms with Crippen LogP contribution in [-0.2, 0) is 21.4 Å². The highest BCUT2D eigenvalue weighted by atomic mass is 32.2. The number of rotatable bonds is 6. The van der Waals surface area contributed by atoms with Crippen LogP contribution >= 0.6 is 11.3 Å². The third-order valence-corrected chi connectivity index (χ3v) is 8.81. The Hall–Kier alpha value is -3.15. The lowest BCUT2D eigenvalue weighted by Crippen LogP contribution is -2.40. The molecular formula is C23H23N3O6S2. The lowest BCUT2D eigenvalue weighted by Gasteiger charge is -2.21. The standard InChI is InChI=1S/C23H23N3O6S2/c1-3-10-25-18-12-19-20(32-14-31-19)13-21(18)33-23(25)24-22(27)17-5-4-11-26(17)34(28,29)16-8-6-15(30-2)7-9-16/h3,6-9,12-13,17H,1,4-5,10-11,14H2,2H3. The normalized spacial score (nSPS) is 18.5. The van der Waals surface area contributed by atoms with Gasteiger partial charge >= 0.3 is 0 Å². The van der Waals surface area contributed by atoms with Crippen molar-refractivity contribution in [2.24, 2.45) is 4.99 Å². The number of methoxy groups -OCH3 is 1. The van der Waals surface area contributed by atoms with E-state index in [9.17, 15) is 13.2 Å². The van der Waals surface area contributed by atoms with Gasteiger partial charge in [-0.3, -0.25) is 4.79 Å². The van der Waals surface area contributed by atoms with Crippen molar-refractivity contribution in [1.82, 2.24) is 8.87 Å². The first kappa shape index (κ1) is 22.6. The van der Waals surface area contributed by atoms with Gasteiger partial charge in [0, 0.05) is 25.2 Å². The van der Waals surface area contributed by atoms with Gasteiger partial charge in [0.25, 0.3) is 5.91 Å². The number of allylic oxidation sites excluding steroid dienone is 1. The number of ether oxygens (including phenoxy) is 3. The molecule has 2 aromatic carbocycles. The number of aromatic nitrogens is 1. The lowest BCUT2D eigenvalue weighted by molar-refractivity contribution is -0.121. The summed E-state index contributed by atoms with van der Waals surface area (Å²) in [6, 6.07) is 9.01. The van der Waals surface area contributed by atoms with Crippen LogP contribution in [0.5, 0.6) is 17.2 Å². The Morgan fingerprint density at radius 1 is 1.26 bits per heavy atom. The van der Waals surface area contributed by atoms with Gasteiger partial charge in [0.05, 0.1) is 22.2 Å². The summed E-state index contributed by atoms with van der Waals surface area (Å²) in [5.41, 5.74) is 0.842. The molecule has 5 rings (SSSR count). The second kappa shape index (κ2) is 8.90. The third kappa shape index (κ3) is 3.89. The topological polar surface area (TPSA) is 99.4 Å². The highest BCUT2D eigenvalue weighted by Gasteiger charge is 2.39. The zero-order valence-electron chi connectivity index (χ0n) is 18.5. The Morgan fingerprint density at radius 2 is 2.00 bits per heavy atom. The molecule has 1 aromatic heterocycles.